The number of halogens is 1. The molecule has 104 valence electrons. The summed E-state index contributed by atoms with van der Waals surface area (Å²) in [5, 5.41) is 0. The van der Waals surface area contributed by atoms with Crippen LogP contribution in [0, 0.1) is 19.8 Å². The molecule has 3 nitrogen and oxygen atoms in total. The first kappa shape index (κ1) is 14.5. The molecule has 0 aliphatic carbocycles. The first-order valence-corrected chi connectivity index (χ1v) is 7.31. The zero-order chi connectivity index (χ0) is 14.0. The molecule has 1 aromatic carbocycles. The Balaban J connectivity index is 2.44. The number of carbonyl (C=O) groups is 1. The van der Waals surface area contributed by atoms with E-state index >= 15 is 0 Å². The summed E-state index contributed by atoms with van der Waals surface area (Å²) in [5.74, 6) is 0.782. The topological polar surface area (TPSA) is 35.5 Å². The zero-order valence-corrected chi connectivity index (χ0v) is 13.2. The Bertz CT molecular complexity index is 491. The lowest BCUT2D eigenvalue weighted by Gasteiger charge is -2.23. The third-order valence-corrected chi connectivity index (χ3v) is 4.47. The van der Waals surface area contributed by atoms with Crippen molar-refractivity contribution in [1.82, 2.24) is 0 Å². The highest BCUT2D eigenvalue weighted by molar-refractivity contribution is 9.10. The smallest absolute Gasteiger partial charge is 0.172 e. The van der Waals surface area contributed by atoms with Crippen LogP contribution in [0.15, 0.2) is 10.5 Å². The largest absolute Gasteiger partial charge is 0.496 e. The van der Waals surface area contributed by atoms with E-state index in [1.54, 1.807) is 7.11 Å². The van der Waals surface area contributed by atoms with Gasteiger partial charge in [0, 0.05) is 17.0 Å². The molecule has 4 heteroatoms. The quantitative estimate of drug-likeness (QED) is 0.795. The Labute approximate surface area is 122 Å². The molecule has 0 amide bonds. The maximum Gasteiger partial charge on any atom is 0.172 e. The van der Waals surface area contributed by atoms with Crippen LogP contribution >= 0.6 is 15.9 Å². The first-order valence-electron chi connectivity index (χ1n) is 6.52. The molecule has 2 rings (SSSR count). The predicted molar refractivity (Wildman–Crippen MR) is 78.0 cm³/mol. The number of ether oxygens (including phenoxy) is 2. The normalized spacial score (nSPS) is 19.3. The SMILES string of the molecule is COc1c(C)cc(Br)c(C)c1C(=O)C1CCCOC1. The number of methoxy groups -OCH3 is 1. The molecule has 1 atom stereocenters. The van der Waals surface area contributed by atoms with Crippen LogP contribution in [-0.4, -0.2) is 26.1 Å². The molecule has 1 aliphatic heterocycles. The number of benzene rings is 1. The fraction of sp³-hybridized carbons (Fsp3) is 0.533. The molecular weight excluding hydrogens is 308 g/mol. The van der Waals surface area contributed by atoms with Gasteiger partial charge in [0.05, 0.1) is 19.3 Å². The molecule has 0 saturated carbocycles. The van der Waals surface area contributed by atoms with Gasteiger partial charge >= 0.3 is 0 Å². The summed E-state index contributed by atoms with van der Waals surface area (Å²) >= 11 is 3.51. The summed E-state index contributed by atoms with van der Waals surface area (Å²) in [7, 11) is 1.61. The van der Waals surface area contributed by atoms with E-state index in [-0.39, 0.29) is 11.7 Å². The van der Waals surface area contributed by atoms with Gasteiger partial charge in [-0.25, -0.2) is 0 Å². The Kier molecular flexibility index (Phi) is 4.63. The average Bonchev–Trinajstić information content (AvgIpc) is 2.42. The molecule has 1 aromatic rings. The summed E-state index contributed by atoms with van der Waals surface area (Å²) < 4.78 is 11.8. The summed E-state index contributed by atoms with van der Waals surface area (Å²) in [6, 6.07) is 1.99. The minimum atomic E-state index is -0.0463. The fourth-order valence-corrected chi connectivity index (χ4v) is 3.10. The third kappa shape index (κ3) is 2.84. The number of hydrogen-bond acceptors (Lipinski definition) is 3. The van der Waals surface area contributed by atoms with Gasteiger partial charge in [-0.3, -0.25) is 4.79 Å². The van der Waals surface area contributed by atoms with Crippen molar-refractivity contribution in [1.29, 1.82) is 0 Å². The highest BCUT2D eigenvalue weighted by atomic mass is 79.9. The maximum absolute atomic E-state index is 12.7. The van der Waals surface area contributed by atoms with Crippen LogP contribution in [-0.2, 0) is 4.74 Å². The molecule has 19 heavy (non-hydrogen) atoms. The fourth-order valence-electron chi connectivity index (χ4n) is 2.56. The van der Waals surface area contributed by atoms with Crippen LogP contribution in [0.4, 0.5) is 0 Å². The van der Waals surface area contributed by atoms with E-state index in [1.807, 2.05) is 19.9 Å². The van der Waals surface area contributed by atoms with E-state index < -0.39 is 0 Å². The van der Waals surface area contributed by atoms with Crippen molar-refractivity contribution in [2.45, 2.75) is 26.7 Å². The average molecular weight is 327 g/mol. The number of aryl methyl sites for hydroxylation is 1. The molecule has 1 heterocycles. The third-order valence-electron chi connectivity index (χ3n) is 3.64. The maximum atomic E-state index is 12.7. The molecular formula is C15H19BrO3. The Hall–Kier alpha value is -0.870. The van der Waals surface area contributed by atoms with Crippen molar-refractivity contribution in [3.63, 3.8) is 0 Å². The highest BCUT2D eigenvalue weighted by Crippen LogP contribution is 2.35. The van der Waals surface area contributed by atoms with E-state index in [4.69, 9.17) is 9.47 Å². The predicted octanol–water partition coefficient (Wildman–Crippen LogP) is 3.68. The number of rotatable bonds is 3. The number of ketones is 1. The van der Waals surface area contributed by atoms with Gasteiger partial charge in [-0.15, -0.1) is 0 Å². The van der Waals surface area contributed by atoms with Gasteiger partial charge in [0.1, 0.15) is 5.75 Å². The van der Waals surface area contributed by atoms with Crippen LogP contribution < -0.4 is 4.74 Å². The summed E-state index contributed by atoms with van der Waals surface area (Å²) in [6.45, 7) is 5.19. The van der Waals surface area contributed by atoms with E-state index in [0.29, 0.717) is 17.9 Å². The second kappa shape index (κ2) is 6.06. The van der Waals surface area contributed by atoms with Crippen LogP contribution in [0.25, 0.3) is 0 Å². The lowest BCUT2D eigenvalue weighted by atomic mass is 9.89. The van der Waals surface area contributed by atoms with Gasteiger partial charge in [0.2, 0.25) is 0 Å². The van der Waals surface area contributed by atoms with Gasteiger partial charge in [-0.2, -0.15) is 0 Å². The van der Waals surface area contributed by atoms with Gasteiger partial charge in [-0.05, 0) is 43.9 Å². The summed E-state index contributed by atoms with van der Waals surface area (Å²) in [4.78, 5) is 12.7. The highest BCUT2D eigenvalue weighted by Gasteiger charge is 2.28. The van der Waals surface area contributed by atoms with Gasteiger partial charge in [0.25, 0.3) is 0 Å². The van der Waals surface area contributed by atoms with Crippen molar-refractivity contribution in [2.75, 3.05) is 20.3 Å². The van der Waals surface area contributed by atoms with Crippen molar-refractivity contribution in [2.24, 2.45) is 5.92 Å². The Morgan fingerprint density at radius 3 is 2.79 bits per heavy atom. The van der Waals surface area contributed by atoms with Crippen LogP contribution in [0.2, 0.25) is 0 Å². The standard InChI is InChI=1S/C15H19BrO3/c1-9-7-12(16)10(2)13(15(9)18-3)14(17)11-5-4-6-19-8-11/h7,11H,4-6,8H2,1-3H3. The molecule has 1 aliphatic rings. The number of Topliss-reactive ketones (excluding diaryl/α,β-unsaturated/α-hetero) is 1. The molecule has 0 N–H and O–H groups in total. The Morgan fingerprint density at radius 2 is 2.21 bits per heavy atom. The molecule has 0 aromatic heterocycles. The molecule has 0 radical (unpaired) electrons. The van der Waals surface area contributed by atoms with E-state index in [2.05, 4.69) is 15.9 Å². The number of carbonyl (C=O) groups excluding carboxylic acids is 1. The lowest BCUT2D eigenvalue weighted by Crippen LogP contribution is -2.26. The first-order chi connectivity index (χ1) is 9.06. The monoisotopic (exact) mass is 326 g/mol. The van der Waals surface area contributed by atoms with Crippen molar-refractivity contribution in [3.05, 3.63) is 27.2 Å². The van der Waals surface area contributed by atoms with E-state index in [1.165, 1.54) is 0 Å². The van der Waals surface area contributed by atoms with E-state index in [0.717, 1.165) is 35.0 Å². The molecule has 1 fully saturated rings. The summed E-state index contributed by atoms with van der Waals surface area (Å²) in [6.07, 6.45) is 1.84. The van der Waals surface area contributed by atoms with Crippen LogP contribution in [0.5, 0.6) is 5.75 Å². The number of hydrogen-bond donors (Lipinski definition) is 0. The second-order valence-electron chi connectivity index (χ2n) is 4.99. The summed E-state index contributed by atoms with van der Waals surface area (Å²) in [5.41, 5.74) is 2.61. The minimum absolute atomic E-state index is 0.0463. The molecule has 1 unspecified atom stereocenters. The van der Waals surface area contributed by atoms with Gasteiger partial charge in [-0.1, -0.05) is 15.9 Å². The van der Waals surface area contributed by atoms with Gasteiger partial charge in [0.15, 0.2) is 5.78 Å². The molecule has 0 spiro atoms. The van der Waals surface area contributed by atoms with Crippen LogP contribution in [0.3, 0.4) is 0 Å². The minimum Gasteiger partial charge on any atom is -0.496 e. The molecule has 1 saturated heterocycles. The zero-order valence-electron chi connectivity index (χ0n) is 11.6. The van der Waals surface area contributed by atoms with Crippen molar-refractivity contribution < 1.29 is 14.3 Å². The van der Waals surface area contributed by atoms with Crippen molar-refractivity contribution >= 4 is 21.7 Å². The van der Waals surface area contributed by atoms with Crippen LogP contribution in [0.1, 0.15) is 34.3 Å². The lowest BCUT2D eigenvalue weighted by molar-refractivity contribution is 0.0459. The molecule has 0 bridgehead atoms. The Morgan fingerprint density at radius 1 is 1.47 bits per heavy atom. The second-order valence-corrected chi connectivity index (χ2v) is 5.84. The van der Waals surface area contributed by atoms with Crippen molar-refractivity contribution in [3.8, 4) is 5.75 Å². The van der Waals surface area contributed by atoms with Gasteiger partial charge < -0.3 is 9.47 Å². The van der Waals surface area contributed by atoms with E-state index in [9.17, 15) is 4.79 Å².